The maximum absolute atomic E-state index is 13.1. The van der Waals surface area contributed by atoms with Gasteiger partial charge in [0.1, 0.15) is 5.82 Å². The van der Waals surface area contributed by atoms with Crippen LogP contribution in [-0.4, -0.2) is 64.8 Å². The summed E-state index contributed by atoms with van der Waals surface area (Å²) in [5, 5.41) is 3.92. The molecule has 3 heterocycles. The average Bonchev–Trinajstić information content (AvgIpc) is 3.13. The number of aromatic nitrogens is 3. The van der Waals surface area contributed by atoms with E-state index in [1.807, 2.05) is 6.07 Å². The van der Waals surface area contributed by atoms with Crippen molar-refractivity contribution in [2.45, 2.75) is 24.2 Å². The Labute approximate surface area is 184 Å². The first-order valence-corrected chi connectivity index (χ1v) is 11.6. The molecule has 168 valence electrons. The molecule has 1 fully saturated rings. The van der Waals surface area contributed by atoms with Gasteiger partial charge in [0.05, 0.1) is 4.90 Å². The van der Waals surface area contributed by atoms with Gasteiger partial charge in [-0.3, -0.25) is 9.78 Å². The number of halogens is 1. The van der Waals surface area contributed by atoms with Gasteiger partial charge in [0.15, 0.2) is 0 Å². The van der Waals surface area contributed by atoms with Crippen molar-refractivity contribution >= 4 is 15.9 Å². The number of carbonyl (C=O) groups is 1. The molecule has 1 aromatic carbocycles. The lowest BCUT2D eigenvalue weighted by Gasteiger charge is -2.22. The Balaban J connectivity index is 1.33. The molecule has 0 aliphatic carbocycles. The van der Waals surface area contributed by atoms with Gasteiger partial charge in [0, 0.05) is 57.0 Å². The minimum absolute atomic E-state index is 0.0412. The fraction of sp³-hybridized carbons (Fsp3) is 0.333. The summed E-state index contributed by atoms with van der Waals surface area (Å²) in [4.78, 5) is 22.7. The SMILES string of the molecule is O=C(CCc1nc(-c2cccnc2)no1)N1CCCN(S(=O)(=O)c2ccc(F)cc2)CC1. The van der Waals surface area contributed by atoms with Crippen molar-refractivity contribution in [3.05, 3.63) is 60.5 Å². The number of nitrogens with zero attached hydrogens (tertiary/aromatic N) is 5. The lowest BCUT2D eigenvalue weighted by atomic mass is 10.2. The summed E-state index contributed by atoms with van der Waals surface area (Å²) in [7, 11) is -3.74. The summed E-state index contributed by atoms with van der Waals surface area (Å²) in [6, 6.07) is 8.34. The second-order valence-electron chi connectivity index (χ2n) is 7.35. The Bertz CT molecular complexity index is 1170. The number of benzene rings is 1. The molecule has 11 heteroatoms. The van der Waals surface area contributed by atoms with Gasteiger partial charge in [-0.15, -0.1) is 0 Å². The van der Waals surface area contributed by atoms with Crippen LogP contribution in [0.1, 0.15) is 18.7 Å². The van der Waals surface area contributed by atoms with E-state index in [-0.39, 0.29) is 30.3 Å². The van der Waals surface area contributed by atoms with E-state index in [0.717, 1.165) is 17.7 Å². The third-order valence-corrected chi connectivity index (χ3v) is 7.11. The van der Waals surface area contributed by atoms with Gasteiger partial charge in [-0.25, -0.2) is 12.8 Å². The summed E-state index contributed by atoms with van der Waals surface area (Å²) in [6.07, 6.45) is 4.26. The van der Waals surface area contributed by atoms with Gasteiger partial charge in [-0.05, 0) is 42.8 Å². The molecule has 2 aromatic heterocycles. The molecule has 0 N–H and O–H groups in total. The van der Waals surface area contributed by atoms with Crippen LogP contribution in [-0.2, 0) is 21.2 Å². The third kappa shape index (κ3) is 5.00. The molecule has 0 saturated carbocycles. The third-order valence-electron chi connectivity index (χ3n) is 5.20. The first kappa shape index (κ1) is 22.0. The van der Waals surface area contributed by atoms with E-state index in [9.17, 15) is 17.6 Å². The van der Waals surface area contributed by atoms with Crippen molar-refractivity contribution in [1.29, 1.82) is 0 Å². The number of hydrogen-bond donors (Lipinski definition) is 0. The Morgan fingerprint density at radius 1 is 1.09 bits per heavy atom. The standard InChI is InChI=1S/C21H22FN5O4S/c22-17-4-6-18(7-5-17)32(29,30)27-12-2-11-26(13-14-27)20(28)9-8-19-24-21(25-31-19)16-3-1-10-23-15-16/h1,3-7,10,15H,2,8-9,11-14H2. The van der Waals surface area contributed by atoms with Crippen LogP contribution in [0.3, 0.4) is 0 Å². The zero-order valence-electron chi connectivity index (χ0n) is 17.2. The number of hydrogen-bond acceptors (Lipinski definition) is 7. The first-order valence-electron chi connectivity index (χ1n) is 10.2. The molecule has 1 saturated heterocycles. The number of aryl methyl sites for hydroxylation is 1. The largest absolute Gasteiger partial charge is 0.341 e. The molecule has 0 radical (unpaired) electrons. The zero-order chi connectivity index (χ0) is 22.6. The molecule has 3 aromatic rings. The van der Waals surface area contributed by atoms with Crippen molar-refractivity contribution in [3.8, 4) is 11.4 Å². The van der Waals surface area contributed by atoms with E-state index in [2.05, 4.69) is 15.1 Å². The van der Waals surface area contributed by atoms with Gasteiger partial charge in [-0.2, -0.15) is 9.29 Å². The quantitative estimate of drug-likeness (QED) is 0.555. The van der Waals surface area contributed by atoms with Crippen LogP contribution in [0.4, 0.5) is 4.39 Å². The fourth-order valence-electron chi connectivity index (χ4n) is 3.48. The Kier molecular flexibility index (Phi) is 6.56. The summed E-state index contributed by atoms with van der Waals surface area (Å²) >= 11 is 0. The van der Waals surface area contributed by atoms with E-state index in [0.29, 0.717) is 37.6 Å². The van der Waals surface area contributed by atoms with Gasteiger partial charge in [-0.1, -0.05) is 5.16 Å². The Morgan fingerprint density at radius 3 is 2.66 bits per heavy atom. The van der Waals surface area contributed by atoms with Crippen molar-refractivity contribution < 1.29 is 22.1 Å². The molecule has 32 heavy (non-hydrogen) atoms. The molecule has 4 rings (SSSR count). The summed E-state index contributed by atoms with van der Waals surface area (Å²) in [6.45, 7) is 1.21. The van der Waals surface area contributed by atoms with E-state index in [1.165, 1.54) is 16.4 Å². The minimum Gasteiger partial charge on any atom is -0.341 e. The summed E-state index contributed by atoms with van der Waals surface area (Å²) in [5.74, 6) is 0.169. The Morgan fingerprint density at radius 2 is 1.91 bits per heavy atom. The summed E-state index contributed by atoms with van der Waals surface area (Å²) in [5.41, 5.74) is 0.726. The van der Waals surface area contributed by atoms with Crippen molar-refractivity contribution in [3.63, 3.8) is 0 Å². The average molecular weight is 460 g/mol. The van der Waals surface area contributed by atoms with E-state index in [4.69, 9.17) is 4.52 Å². The Hall–Kier alpha value is -3.18. The number of pyridine rings is 1. The predicted octanol–water partition coefficient (Wildman–Crippen LogP) is 2.13. The molecular formula is C21H22FN5O4S. The highest BCUT2D eigenvalue weighted by molar-refractivity contribution is 7.89. The second-order valence-corrected chi connectivity index (χ2v) is 9.28. The predicted molar refractivity (Wildman–Crippen MR) is 112 cm³/mol. The van der Waals surface area contributed by atoms with Crippen LogP contribution in [0.15, 0.2) is 58.2 Å². The van der Waals surface area contributed by atoms with Gasteiger partial charge in [0.25, 0.3) is 0 Å². The minimum atomic E-state index is -3.74. The second kappa shape index (κ2) is 9.53. The van der Waals surface area contributed by atoms with Gasteiger partial charge in [0.2, 0.25) is 27.6 Å². The highest BCUT2D eigenvalue weighted by Crippen LogP contribution is 2.19. The number of sulfonamides is 1. The van der Waals surface area contributed by atoms with Crippen LogP contribution in [0.25, 0.3) is 11.4 Å². The van der Waals surface area contributed by atoms with Crippen molar-refractivity contribution in [2.75, 3.05) is 26.2 Å². The summed E-state index contributed by atoms with van der Waals surface area (Å²) < 4.78 is 45.4. The molecule has 0 bridgehead atoms. The van der Waals surface area contributed by atoms with Crippen LogP contribution in [0.5, 0.6) is 0 Å². The molecule has 9 nitrogen and oxygen atoms in total. The number of rotatable bonds is 6. The number of carbonyl (C=O) groups excluding carboxylic acids is 1. The smallest absolute Gasteiger partial charge is 0.243 e. The zero-order valence-corrected chi connectivity index (χ0v) is 18.0. The van der Waals surface area contributed by atoms with E-state index in [1.54, 1.807) is 23.4 Å². The van der Waals surface area contributed by atoms with Crippen LogP contribution in [0, 0.1) is 5.82 Å². The fourth-order valence-corrected chi connectivity index (χ4v) is 4.95. The molecule has 1 aliphatic rings. The van der Waals surface area contributed by atoms with Gasteiger partial charge < -0.3 is 9.42 Å². The van der Waals surface area contributed by atoms with Crippen molar-refractivity contribution in [1.82, 2.24) is 24.3 Å². The van der Waals surface area contributed by atoms with Crippen LogP contribution in [0.2, 0.25) is 0 Å². The first-order chi connectivity index (χ1) is 15.4. The maximum atomic E-state index is 13.1. The highest BCUT2D eigenvalue weighted by atomic mass is 32.2. The van der Waals surface area contributed by atoms with E-state index < -0.39 is 15.8 Å². The maximum Gasteiger partial charge on any atom is 0.243 e. The monoisotopic (exact) mass is 459 g/mol. The van der Waals surface area contributed by atoms with Crippen molar-refractivity contribution in [2.24, 2.45) is 0 Å². The lowest BCUT2D eigenvalue weighted by Crippen LogP contribution is -2.37. The van der Waals surface area contributed by atoms with Crippen LogP contribution < -0.4 is 0 Å². The molecule has 1 aliphatic heterocycles. The normalized spacial score (nSPS) is 15.5. The van der Waals surface area contributed by atoms with Gasteiger partial charge >= 0.3 is 0 Å². The topological polar surface area (TPSA) is 109 Å². The molecule has 0 atom stereocenters. The van der Waals surface area contributed by atoms with E-state index >= 15 is 0 Å². The molecule has 0 unspecified atom stereocenters. The lowest BCUT2D eigenvalue weighted by molar-refractivity contribution is -0.131. The van der Waals surface area contributed by atoms with Crippen LogP contribution >= 0.6 is 0 Å². The number of amides is 1. The molecule has 0 spiro atoms. The highest BCUT2D eigenvalue weighted by Gasteiger charge is 2.28. The molecular weight excluding hydrogens is 437 g/mol. The molecule has 1 amide bonds.